The Morgan fingerprint density at radius 1 is 1.33 bits per heavy atom. The monoisotopic (exact) mass is 290 g/mol. The van der Waals surface area contributed by atoms with Crippen LogP contribution in [-0.4, -0.2) is 29.4 Å². The van der Waals surface area contributed by atoms with Gasteiger partial charge < -0.3 is 4.74 Å². The number of hydrogen-bond donors (Lipinski definition) is 0. The average molecular weight is 290 g/mol. The summed E-state index contributed by atoms with van der Waals surface area (Å²) in [5.41, 5.74) is 2.16. The molecule has 1 aliphatic rings. The van der Waals surface area contributed by atoms with Gasteiger partial charge >= 0.3 is 5.97 Å². The number of benzene rings is 1. The molecule has 0 radical (unpaired) electrons. The first-order valence-electron chi connectivity index (χ1n) is 6.85. The van der Waals surface area contributed by atoms with Gasteiger partial charge in [0.25, 0.3) is 0 Å². The third-order valence-electron chi connectivity index (χ3n) is 3.45. The lowest BCUT2D eigenvalue weighted by atomic mass is 9.96. The van der Waals surface area contributed by atoms with E-state index in [1.165, 1.54) is 0 Å². The van der Waals surface area contributed by atoms with Gasteiger partial charge in [-0.2, -0.15) is 0 Å². The van der Waals surface area contributed by atoms with E-state index in [2.05, 4.69) is 4.99 Å². The van der Waals surface area contributed by atoms with Crippen LogP contribution in [0.15, 0.2) is 29.3 Å². The maximum Gasteiger partial charge on any atom is 0.354 e. The van der Waals surface area contributed by atoms with E-state index in [4.69, 9.17) is 4.74 Å². The zero-order valence-corrected chi connectivity index (χ0v) is 12.3. The molecule has 6 nitrogen and oxygen atoms in total. The highest BCUT2D eigenvalue weighted by Gasteiger charge is 2.37. The average Bonchev–Trinajstić information content (AvgIpc) is 2.79. The largest absolute Gasteiger partial charge is 0.434 e. The molecule has 21 heavy (non-hydrogen) atoms. The van der Waals surface area contributed by atoms with Gasteiger partial charge in [0, 0.05) is 10.8 Å². The molecule has 0 saturated heterocycles. The minimum atomic E-state index is -0.817. The molecule has 1 heterocycles. The third kappa shape index (κ3) is 3.45. The second-order valence-electron chi connectivity index (χ2n) is 5.50. The minimum Gasteiger partial charge on any atom is -0.434 e. The fraction of sp³-hybridized carbons (Fsp3) is 0.467. The Hall–Kier alpha value is -2.24. The van der Waals surface area contributed by atoms with Crippen LogP contribution in [0.3, 0.4) is 0 Å². The zero-order chi connectivity index (χ0) is 15.6. The number of aliphatic imine (C=N–C) groups is 1. The van der Waals surface area contributed by atoms with Gasteiger partial charge in [0.2, 0.25) is 12.8 Å². The van der Waals surface area contributed by atoms with Gasteiger partial charge in [-0.3, -0.25) is 10.1 Å². The topological polar surface area (TPSA) is 81.8 Å². The molecule has 112 valence electrons. The van der Waals surface area contributed by atoms with Crippen LogP contribution in [0.4, 0.5) is 0 Å². The summed E-state index contributed by atoms with van der Waals surface area (Å²) < 4.78 is 5.24. The smallest absolute Gasteiger partial charge is 0.354 e. The number of nitro groups is 1. The molecular formula is C15H18N2O4. The van der Waals surface area contributed by atoms with Gasteiger partial charge in [0.15, 0.2) is 0 Å². The Kier molecular flexibility index (Phi) is 4.35. The second-order valence-corrected chi connectivity index (χ2v) is 5.50. The maximum atomic E-state index is 11.8. The van der Waals surface area contributed by atoms with Crippen molar-refractivity contribution >= 4 is 11.7 Å². The molecule has 6 heteroatoms. The highest BCUT2D eigenvalue weighted by Crippen LogP contribution is 2.28. The van der Waals surface area contributed by atoms with Crippen LogP contribution in [0.2, 0.25) is 0 Å². The minimum absolute atomic E-state index is 0.0585. The molecular weight excluding hydrogens is 272 g/mol. The van der Waals surface area contributed by atoms with Crippen molar-refractivity contribution in [3.05, 3.63) is 45.5 Å². The van der Waals surface area contributed by atoms with E-state index in [0.717, 1.165) is 11.1 Å². The predicted molar refractivity (Wildman–Crippen MR) is 77.9 cm³/mol. The molecule has 0 aromatic heterocycles. The fourth-order valence-electron chi connectivity index (χ4n) is 2.28. The van der Waals surface area contributed by atoms with Crippen molar-refractivity contribution in [2.24, 2.45) is 10.9 Å². The number of carbonyl (C=O) groups excluding carboxylic acids is 1. The molecule has 0 amide bonds. The number of nitrogens with zero attached hydrogens (tertiary/aromatic N) is 2. The lowest BCUT2D eigenvalue weighted by Gasteiger charge is -2.17. The maximum absolute atomic E-state index is 11.8. The second kappa shape index (κ2) is 6.03. The van der Waals surface area contributed by atoms with E-state index in [0.29, 0.717) is 5.71 Å². The van der Waals surface area contributed by atoms with Crippen LogP contribution >= 0.6 is 0 Å². The normalized spacial score (nSPS) is 19.3. The molecule has 1 aromatic carbocycles. The summed E-state index contributed by atoms with van der Waals surface area (Å²) in [6, 6.07) is 7.40. The summed E-state index contributed by atoms with van der Waals surface area (Å²) in [5.74, 6) is -1.10. The van der Waals surface area contributed by atoms with E-state index < -0.39 is 23.0 Å². The first-order chi connectivity index (χ1) is 9.88. The number of rotatable bonds is 5. The van der Waals surface area contributed by atoms with Gasteiger partial charge in [-0.1, -0.05) is 43.7 Å². The molecule has 2 rings (SSSR count). The standard InChI is InChI=1S/C15H18N2O4/c1-9(2)13-15(18)21-14(16-13)12(8-17(19)20)11-6-4-10(3)5-7-11/h4-7,9,12,14H,8H2,1-3H3/t12-,14?/m0/s1. The Morgan fingerprint density at radius 2 is 1.95 bits per heavy atom. The SMILES string of the molecule is Cc1ccc([C@H](C[N+](=O)[O-])C2N=C(C(C)C)C(=O)O2)cc1. The quantitative estimate of drug-likeness (QED) is 0.473. The van der Waals surface area contributed by atoms with Gasteiger partial charge in [0.1, 0.15) is 11.6 Å². The first-order valence-corrected chi connectivity index (χ1v) is 6.85. The van der Waals surface area contributed by atoms with E-state index in [1.54, 1.807) is 0 Å². The number of carbonyl (C=O) groups is 1. The highest BCUT2D eigenvalue weighted by atomic mass is 16.6. The fourth-order valence-corrected chi connectivity index (χ4v) is 2.28. The van der Waals surface area contributed by atoms with Crippen LogP contribution in [-0.2, 0) is 9.53 Å². The summed E-state index contributed by atoms with van der Waals surface area (Å²) in [6.07, 6.45) is -0.817. The molecule has 0 spiro atoms. The number of aryl methyl sites for hydroxylation is 1. The van der Waals surface area contributed by atoms with Crippen molar-refractivity contribution in [3.8, 4) is 0 Å². The number of cyclic esters (lactones) is 1. The van der Waals surface area contributed by atoms with E-state index in [9.17, 15) is 14.9 Å². The van der Waals surface area contributed by atoms with Crippen LogP contribution in [0.1, 0.15) is 30.9 Å². The van der Waals surface area contributed by atoms with Gasteiger partial charge in [0.05, 0.1) is 0 Å². The lowest BCUT2D eigenvalue weighted by molar-refractivity contribution is -0.485. The Balaban J connectivity index is 2.31. The van der Waals surface area contributed by atoms with Crippen molar-refractivity contribution in [2.45, 2.75) is 32.9 Å². The Bertz CT molecular complexity index is 578. The van der Waals surface area contributed by atoms with Crippen LogP contribution in [0.5, 0.6) is 0 Å². The zero-order valence-electron chi connectivity index (χ0n) is 12.3. The summed E-state index contributed by atoms with van der Waals surface area (Å²) >= 11 is 0. The van der Waals surface area contributed by atoms with Gasteiger partial charge in [-0.25, -0.2) is 9.79 Å². The number of hydrogen-bond acceptors (Lipinski definition) is 5. The summed E-state index contributed by atoms with van der Waals surface area (Å²) in [4.78, 5) is 26.6. The molecule has 1 unspecified atom stereocenters. The van der Waals surface area contributed by atoms with Crippen molar-refractivity contribution in [3.63, 3.8) is 0 Å². The molecule has 0 N–H and O–H groups in total. The molecule has 0 fully saturated rings. The number of esters is 1. The molecule has 0 aliphatic carbocycles. The van der Waals surface area contributed by atoms with E-state index in [-0.39, 0.29) is 12.5 Å². The van der Waals surface area contributed by atoms with Crippen LogP contribution in [0, 0.1) is 23.0 Å². The molecule has 0 bridgehead atoms. The predicted octanol–water partition coefficient (Wildman–Crippen LogP) is 2.34. The molecule has 2 atom stereocenters. The van der Waals surface area contributed by atoms with Crippen molar-refractivity contribution in [2.75, 3.05) is 6.54 Å². The summed E-state index contributed by atoms with van der Waals surface area (Å²) in [6.45, 7) is 5.31. The van der Waals surface area contributed by atoms with Gasteiger partial charge in [-0.05, 0) is 12.5 Å². The van der Waals surface area contributed by atoms with Crippen molar-refractivity contribution < 1.29 is 14.5 Å². The number of ether oxygens (including phenoxy) is 1. The van der Waals surface area contributed by atoms with E-state index >= 15 is 0 Å². The lowest BCUT2D eigenvalue weighted by Crippen LogP contribution is -2.25. The van der Waals surface area contributed by atoms with Crippen LogP contribution in [0.25, 0.3) is 0 Å². The Labute approximate surface area is 123 Å². The van der Waals surface area contributed by atoms with Gasteiger partial charge in [-0.15, -0.1) is 0 Å². The Morgan fingerprint density at radius 3 is 2.43 bits per heavy atom. The third-order valence-corrected chi connectivity index (χ3v) is 3.45. The molecule has 1 aromatic rings. The van der Waals surface area contributed by atoms with E-state index in [1.807, 2.05) is 45.0 Å². The summed E-state index contributed by atoms with van der Waals surface area (Å²) in [7, 11) is 0. The molecule has 0 saturated carbocycles. The summed E-state index contributed by atoms with van der Waals surface area (Å²) in [5, 5.41) is 10.9. The van der Waals surface area contributed by atoms with Crippen molar-refractivity contribution in [1.82, 2.24) is 0 Å². The first kappa shape index (κ1) is 15.2. The molecule has 1 aliphatic heterocycles. The van der Waals surface area contributed by atoms with Crippen LogP contribution < -0.4 is 0 Å². The highest BCUT2D eigenvalue weighted by molar-refractivity contribution is 6.38. The van der Waals surface area contributed by atoms with Crippen molar-refractivity contribution in [1.29, 1.82) is 0 Å².